The van der Waals surface area contributed by atoms with E-state index in [1.54, 1.807) is 0 Å². The number of thiazole rings is 1. The van der Waals surface area contributed by atoms with Crippen LogP contribution in [0, 0.1) is 5.92 Å². The topological polar surface area (TPSA) is 42.0 Å². The van der Waals surface area contributed by atoms with Gasteiger partial charge in [0, 0.05) is 0 Å². The van der Waals surface area contributed by atoms with Crippen LogP contribution in [0.4, 0.5) is 5.13 Å². The Morgan fingerprint density at radius 2 is 2.22 bits per heavy atom. The van der Waals surface area contributed by atoms with Crippen LogP contribution in [-0.4, -0.2) is 10.9 Å². The van der Waals surface area contributed by atoms with E-state index < -0.39 is 0 Å². The molecule has 1 aliphatic rings. The highest BCUT2D eigenvalue weighted by Gasteiger charge is 2.16. The monoisotopic (exact) mass is 256 g/mol. The number of allylic oxidation sites excluding steroid dienone is 3. The Morgan fingerprint density at radius 1 is 1.33 bits per heavy atom. The van der Waals surface area contributed by atoms with E-state index in [2.05, 4.69) is 10.3 Å². The molecule has 90 valence electrons. The van der Waals surface area contributed by atoms with Crippen LogP contribution in [0.3, 0.4) is 0 Å². The van der Waals surface area contributed by atoms with Gasteiger partial charge in [-0.2, -0.15) is 0 Å². The fourth-order valence-electron chi connectivity index (χ4n) is 1.90. The lowest BCUT2D eigenvalue weighted by atomic mass is 10.0. The average molecular weight is 256 g/mol. The first-order chi connectivity index (χ1) is 8.83. The highest BCUT2D eigenvalue weighted by molar-refractivity contribution is 7.22. The molecule has 4 heteroatoms. The van der Waals surface area contributed by atoms with Crippen molar-refractivity contribution in [3.05, 3.63) is 48.6 Å². The number of carbonyl (C=O) groups is 1. The standard InChI is InChI=1S/C14H12N2OS/c17-13(10-6-2-1-3-7-10)16-14-15-11-8-4-5-9-12(11)18-14/h1-6,8-10H,7H2,(H,15,16,17). The molecule has 0 bridgehead atoms. The van der Waals surface area contributed by atoms with Crippen molar-refractivity contribution in [1.29, 1.82) is 0 Å². The SMILES string of the molecule is O=C(Nc1nc2ccccc2s1)C1C=CC=CC1. The maximum absolute atomic E-state index is 12.0. The predicted molar refractivity (Wildman–Crippen MR) is 74.6 cm³/mol. The molecule has 0 saturated carbocycles. The number of fused-ring (bicyclic) bond motifs is 1. The average Bonchev–Trinajstić information content (AvgIpc) is 2.82. The van der Waals surface area contributed by atoms with Gasteiger partial charge in [-0.3, -0.25) is 4.79 Å². The Morgan fingerprint density at radius 3 is 3.00 bits per heavy atom. The highest BCUT2D eigenvalue weighted by atomic mass is 32.1. The zero-order valence-electron chi connectivity index (χ0n) is 9.67. The van der Waals surface area contributed by atoms with Gasteiger partial charge in [0.25, 0.3) is 0 Å². The van der Waals surface area contributed by atoms with Gasteiger partial charge in [0.05, 0.1) is 16.1 Å². The second-order valence-corrected chi connectivity index (χ2v) is 5.16. The molecule has 1 N–H and O–H groups in total. The van der Waals surface area contributed by atoms with Gasteiger partial charge in [0.1, 0.15) is 0 Å². The number of hydrogen-bond donors (Lipinski definition) is 1. The van der Waals surface area contributed by atoms with E-state index in [1.807, 2.05) is 48.6 Å². The predicted octanol–water partition coefficient (Wildman–Crippen LogP) is 3.37. The van der Waals surface area contributed by atoms with Crippen molar-refractivity contribution in [2.45, 2.75) is 6.42 Å². The van der Waals surface area contributed by atoms with E-state index in [0.29, 0.717) is 5.13 Å². The van der Waals surface area contributed by atoms with Crippen molar-refractivity contribution in [3.63, 3.8) is 0 Å². The van der Waals surface area contributed by atoms with Gasteiger partial charge < -0.3 is 5.32 Å². The van der Waals surface area contributed by atoms with E-state index >= 15 is 0 Å². The molecule has 1 heterocycles. The van der Waals surface area contributed by atoms with E-state index in [4.69, 9.17) is 0 Å². The summed E-state index contributed by atoms with van der Waals surface area (Å²) in [5.74, 6) is -0.0725. The number of nitrogens with one attached hydrogen (secondary N) is 1. The lowest BCUT2D eigenvalue weighted by Crippen LogP contribution is -2.21. The lowest BCUT2D eigenvalue weighted by Gasteiger charge is -2.11. The van der Waals surface area contributed by atoms with Crippen LogP contribution in [0.15, 0.2) is 48.6 Å². The first kappa shape index (κ1) is 11.2. The van der Waals surface area contributed by atoms with Crippen LogP contribution in [0.1, 0.15) is 6.42 Å². The summed E-state index contributed by atoms with van der Waals surface area (Å²) in [6.07, 6.45) is 8.55. The van der Waals surface area contributed by atoms with Crippen LogP contribution >= 0.6 is 11.3 Å². The summed E-state index contributed by atoms with van der Waals surface area (Å²) >= 11 is 1.50. The van der Waals surface area contributed by atoms with Crippen LogP contribution in [0.5, 0.6) is 0 Å². The van der Waals surface area contributed by atoms with Crippen molar-refractivity contribution in [2.24, 2.45) is 5.92 Å². The maximum atomic E-state index is 12.0. The summed E-state index contributed by atoms with van der Waals surface area (Å²) in [5, 5.41) is 3.55. The number of hydrogen-bond acceptors (Lipinski definition) is 3. The van der Waals surface area contributed by atoms with Gasteiger partial charge in [-0.15, -0.1) is 0 Å². The minimum absolute atomic E-state index is 0.00894. The number of anilines is 1. The summed E-state index contributed by atoms with van der Waals surface area (Å²) in [6, 6.07) is 7.87. The smallest absolute Gasteiger partial charge is 0.233 e. The zero-order chi connectivity index (χ0) is 12.4. The largest absolute Gasteiger partial charge is 0.301 e. The van der Waals surface area contributed by atoms with E-state index in [1.165, 1.54) is 11.3 Å². The molecule has 1 aliphatic carbocycles. The van der Waals surface area contributed by atoms with Crippen molar-refractivity contribution < 1.29 is 4.79 Å². The quantitative estimate of drug-likeness (QED) is 0.895. The van der Waals surface area contributed by atoms with E-state index in [0.717, 1.165) is 16.6 Å². The fourth-order valence-corrected chi connectivity index (χ4v) is 2.77. The Balaban J connectivity index is 1.77. The van der Waals surface area contributed by atoms with Gasteiger partial charge in [-0.05, 0) is 18.6 Å². The Hall–Kier alpha value is -1.94. The highest BCUT2D eigenvalue weighted by Crippen LogP contribution is 2.26. The number of carbonyl (C=O) groups excluding carboxylic acids is 1. The molecule has 1 unspecified atom stereocenters. The van der Waals surface area contributed by atoms with Crippen molar-refractivity contribution in [3.8, 4) is 0 Å². The van der Waals surface area contributed by atoms with Gasteiger partial charge in [-0.25, -0.2) is 4.98 Å². The number of para-hydroxylation sites is 1. The van der Waals surface area contributed by atoms with Crippen LogP contribution in [0.25, 0.3) is 10.2 Å². The third-order valence-corrected chi connectivity index (χ3v) is 3.79. The molecule has 0 spiro atoms. The zero-order valence-corrected chi connectivity index (χ0v) is 10.5. The molecule has 0 aliphatic heterocycles. The second-order valence-electron chi connectivity index (χ2n) is 4.13. The van der Waals surface area contributed by atoms with E-state index in [-0.39, 0.29) is 11.8 Å². The summed E-state index contributed by atoms with van der Waals surface area (Å²) in [5.41, 5.74) is 0.928. The van der Waals surface area contributed by atoms with Gasteiger partial charge >= 0.3 is 0 Å². The Labute approximate surface area is 109 Å². The summed E-state index contributed by atoms with van der Waals surface area (Å²) < 4.78 is 1.09. The second kappa shape index (κ2) is 4.74. The van der Waals surface area contributed by atoms with Crippen molar-refractivity contribution in [1.82, 2.24) is 4.98 Å². The van der Waals surface area contributed by atoms with E-state index in [9.17, 15) is 4.79 Å². The van der Waals surface area contributed by atoms with Crippen molar-refractivity contribution >= 4 is 32.6 Å². The molecular formula is C14H12N2OS. The molecule has 0 saturated heterocycles. The number of amides is 1. The molecule has 3 rings (SSSR count). The number of nitrogens with zero attached hydrogens (tertiary/aromatic N) is 1. The molecule has 0 radical (unpaired) electrons. The molecule has 2 aromatic rings. The van der Waals surface area contributed by atoms with Gasteiger partial charge in [0.2, 0.25) is 5.91 Å². The molecule has 1 aromatic heterocycles. The first-order valence-electron chi connectivity index (χ1n) is 5.83. The molecule has 1 aromatic carbocycles. The van der Waals surface area contributed by atoms with Gasteiger partial charge in [-0.1, -0.05) is 47.8 Å². The number of benzene rings is 1. The molecule has 18 heavy (non-hydrogen) atoms. The molecule has 1 amide bonds. The molecule has 1 atom stereocenters. The summed E-state index contributed by atoms with van der Waals surface area (Å²) in [4.78, 5) is 16.4. The fraction of sp³-hybridized carbons (Fsp3) is 0.143. The maximum Gasteiger partial charge on any atom is 0.233 e. The molecular weight excluding hydrogens is 244 g/mol. The van der Waals surface area contributed by atoms with Gasteiger partial charge in [0.15, 0.2) is 5.13 Å². The Bertz CT molecular complexity index is 609. The minimum Gasteiger partial charge on any atom is -0.301 e. The van der Waals surface area contributed by atoms with Crippen LogP contribution in [0.2, 0.25) is 0 Å². The lowest BCUT2D eigenvalue weighted by molar-refractivity contribution is -0.118. The first-order valence-corrected chi connectivity index (χ1v) is 6.64. The van der Waals surface area contributed by atoms with Crippen LogP contribution in [-0.2, 0) is 4.79 Å². The summed E-state index contributed by atoms with van der Waals surface area (Å²) in [7, 11) is 0. The Kier molecular flexibility index (Phi) is 2.94. The normalized spacial score (nSPS) is 18.1. The number of aromatic nitrogens is 1. The van der Waals surface area contributed by atoms with Crippen LogP contribution < -0.4 is 5.32 Å². The summed E-state index contributed by atoms with van der Waals surface area (Å²) in [6.45, 7) is 0. The third kappa shape index (κ3) is 2.19. The minimum atomic E-state index is -0.0815. The molecule has 0 fully saturated rings. The molecule has 3 nitrogen and oxygen atoms in total. The third-order valence-electron chi connectivity index (χ3n) is 2.84. The van der Waals surface area contributed by atoms with Crippen molar-refractivity contribution in [2.75, 3.05) is 5.32 Å². The number of rotatable bonds is 2.